The van der Waals surface area contributed by atoms with E-state index in [0.29, 0.717) is 11.8 Å². The molecule has 152 valence electrons. The van der Waals surface area contributed by atoms with Gasteiger partial charge in [-0.3, -0.25) is 0 Å². The summed E-state index contributed by atoms with van der Waals surface area (Å²) in [6.07, 6.45) is 10.3. The minimum absolute atomic E-state index is 0.211. The maximum Gasteiger partial charge on any atom is 0.233 e. The number of nitrogens with zero attached hydrogens (tertiary/aromatic N) is 5. The number of fused-ring (bicyclic) bond motifs is 2. The summed E-state index contributed by atoms with van der Waals surface area (Å²) in [4.78, 5) is 24.2. The molecule has 3 aromatic heterocycles. The molecular formula is C23H24N6O. The van der Waals surface area contributed by atoms with Gasteiger partial charge in [-0.25, -0.2) is 19.9 Å². The summed E-state index contributed by atoms with van der Waals surface area (Å²) in [7, 11) is 2.15. The highest BCUT2D eigenvalue weighted by molar-refractivity contribution is 5.95. The second-order valence-corrected chi connectivity index (χ2v) is 8.50. The van der Waals surface area contributed by atoms with Gasteiger partial charge < -0.3 is 14.6 Å². The molecule has 7 nitrogen and oxygen atoms in total. The van der Waals surface area contributed by atoms with Gasteiger partial charge in [0.25, 0.3) is 0 Å². The van der Waals surface area contributed by atoms with Crippen LogP contribution in [-0.4, -0.2) is 56.1 Å². The monoisotopic (exact) mass is 400 g/mol. The van der Waals surface area contributed by atoms with E-state index in [2.05, 4.69) is 39.0 Å². The number of hydrogen-bond donors (Lipinski definition) is 1. The number of likely N-dealkylation sites (tertiary alicyclic amines) is 1. The minimum Gasteiger partial charge on any atom is -0.473 e. The summed E-state index contributed by atoms with van der Waals surface area (Å²) >= 11 is 0. The minimum atomic E-state index is 0.211. The lowest BCUT2D eigenvalue weighted by atomic mass is 10.1. The lowest BCUT2D eigenvalue weighted by Crippen LogP contribution is -2.35. The molecule has 4 aromatic rings. The summed E-state index contributed by atoms with van der Waals surface area (Å²) in [6.45, 7) is 2.11. The predicted octanol–water partition coefficient (Wildman–Crippen LogP) is 3.92. The van der Waals surface area contributed by atoms with Crippen molar-refractivity contribution in [2.45, 2.75) is 37.7 Å². The maximum atomic E-state index is 6.13. The van der Waals surface area contributed by atoms with E-state index in [9.17, 15) is 0 Å². The van der Waals surface area contributed by atoms with Crippen molar-refractivity contribution in [2.75, 3.05) is 20.1 Å². The number of aromatic amines is 1. The van der Waals surface area contributed by atoms with Crippen molar-refractivity contribution in [2.24, 2.45) is 0 Å². The molecule has 0 amide bonds. The number of piperidine rings is 1. The van der Waals surface area contributed by atoms with Crippen molar-refractivity contribution in [1.82, 2.24) is 29.8 Å². The van der Waals surface area contributed by atoms with Gasteiger partial charge in [0.15, 0.2) is 0 Å². The SMILES string of the molecule is CN1CCC(Oc2cnc3ccc(-c4c[nH]c5nc(C6CC6)ncc45)cc3n2)CC1. The Hall–Kier alpha value is -3.06. The number of rotatable bonds is 4. The highest BCUT2D eigenvalue weighted by Gasteiger charge is 2.27. The maximum absolute atomic E-state index is 6.13. The van der Waals surface area contributed by atoms with E-state index in [1.165, 1.54) is 12.8 Å². The average molecular weight is 400 g/mol. The Morgan fingerprint density at radius 3 is 2.70 bits per heavy atom. The third-order valence-electron chi connectivity index (χ3n) is 6.18. The number of H-pyrrole nitrogens is 1. The molecule has 2 aliphatic rings. The Bertz CT molecular complexity index is 1220. The molecule has 30 heavy (non-hydrogen) atoms. The van der Waals surface area contributed by atoms with Crippen LogP contribution in [0.2, 0.25) is 0 Å². The number of nitrogens with one attached hydrogen (secondary N) is 1. The second-order valence-electron chi connectivity index (χ2n) is 8.50. The van der Waals surface area contributed by atoms with Crippen LogP contribution in [0.1, 0.15) is 37.4 Å². The van der Waals surface area contributed by atoms with Gasteiger partial charge in [-0.1, -0.05) is 6.07 Å². The van der Waals surface area contributed by atoms with Gasteiger partial charge >= 0.3 is 0 Å². The molecule has 0 bridgehead atoms. The zero-order valence-electron chi connectivity index (χ0n) is 17.0. The van der Waals surface area contributed by atoms with E-state index in [4.69, 9.17) is 14.7 Å². The fourth-order valence-corrected chi connectivity index (χ4v) is 4.19. The van der Waals surface area contributed by atoms with E-state index in [0.717, 1.165) is 64.9 Å². The molecule has 7 heteroatoms. The average Bonchev–Trinajstić information content (AvgIpc) is 3.54. The van der Waals surface area contributed by atoms with Crippen LogP contribution in [0, 0.1) is 0 Å². The summed E-state index contributed by atoms with van der Waals surface area (Å²) in [5.41, 5.74) is 4.75. The molecule has 1 saturated carbocycles. The van der Waals surface area contributed by atoms with Crippen LogP contribution in [0.5, 0.6) is 5.88 Å². The molecule has 1 saturated heterocycles. The molecule has 0 unspecified atom stereocenters. The fraction of sp³-hybridized carbons (Fsp3) is 0.391. The van der Waals surface area contributed by atoms with Crippen LogP contribution in [0.3, 0.4) is 0 Å². The highest BCUT2D eigenvalue weighted by Crippen LogP contribution is 2.39. The van der Waals surface area contributed by atoms with Gasteiger partial charge in [-0.05, 0) is 50.4 Å². The third-order valence-corrected chi connectivity index (χ3v) is 6.18. The Morgan fingerprint density at radius 1 is 1.00 bits per heavy atom. The number of ether oxygens (including phenoxy) is 1. The number of hydrogen-bond acceptors (Lipinski definition) is 6. The van der Waals surface area contributed by atoms with Crippen molar-refractivity contribution in [3.63, 3.8) is 0 Å². The first kappa shape index (κ1) is 17.8. The molecule has 1 aromatic carbocycles. The van der Waals surface area contributed by atoms with Crippen molar-refractivity contribution in [3.8, 4) is 17.0 Å². The van der Waals surface area contributed by atoms with E-state index >= 15 is 0 Å². The molecular weight excluding hydrogens is 376 g/mol. The van der Waals surface area contributed by atoms with E-state index in [1.807, 2.05) is 18.5 Å². The van der Waals surface area contributed by atoms with Crippen LogP contribution in [-0.2, 0) is 0 Å². The van der Waals surface area contributed by atoms with Crippen LogP contribution in [0.25, 0.3) is 33.2 Å². The molecule has 1 aliphatic carbocycles. The van der Waals surface area contributed by atoms with Crippen LogP contribution in [0.15, 0.2) is 36.8 Å². The van der Waals surface area contributed by atoms with Gasteiger partial charge in [0.05, 0.1) is 17.2 Å². The molecule has 2 fully saturated rings. The fourth-order valence-electron chi connectivity index (χ4n) is 4.19. The predicted molar refractivity (Wildman–Crippen MR) is 116 cm³/mol. The van der Waals surface area contributed by atoms with Crippen molar-refractivity contribution in [1.29, 1.82) is 0 Å². The number of benzene rings is 1. The molecule has 4 heterocycles. The van der Waals surface area contributed by atoms with Gasteiger partial charge in [0, 0.05) is 42.4 Å². The molecule has 6 rings (SSSR count). The van der Waals surface area contributed by atoms with Crippen LogP contribution < -0.4 is 4.74 Å². The van der Waals surface area contributed by atoms with E-state index in [-0.39, 0.29) is 6.10 Å². The van der Waals surface area contributed by atoms with Crippen molar-refractivity contribution in [3.05, 3.63) is 42.6 Å². The summed E-state index contributed by atoms with van der Waals surface area (Å²) in [5.74, 6) is 2.10. The van der Waals surface area contributed by atoms with Crippen molar-refractivity contribution >= 4 is 22.1 Å². The zero-order chi connectivity index (χ0) is 20.1. The molecule has 0 spiro atoms. The quantitative estimate of drug-likeness (QED) is 0.559. The summed E-state index contributed by atoms with van der Waals surface area (Å²) in [5, 5.41) is 1.03. The Kier molecular flexibility index (Phi) is 4.16. The zero-order valence-corrected chi connectivity index (χ0v) is 17.0. The molecule has 0 radical (unpaired) electrons. The van der Waals surface area contributed by atoms with Gasteiger partial charge in [-0.2, -0.15) is 0 Å². The smallest absolute Gasteiger partial charge is 0.233 e. The lowest BCUT2D eigenvalue weighted by molar-refractivity contribution is 0.110. The Balaban J connectivity index is 1.31. The summed E-state index contributed by atoms with van der Waals surface area (Å²) in [6, 6.07) is 6.16. The molecule has 1 N–H and O–H groups in total. The van der Waals surface area contributed by atoms with E-state index < -0.39 is 0 Å². The first-order valence-electron chi connectivity index (χ1n) is 10.7. The first-order valence-corrected chi connectivity index (χ1v) is 10.7. The van der Waals surface area contributed by atoms with E-state index in [1.54, 1.807) is 6.20 Å². The lowest BCUT2D eigenvalue weighted by Gasteiger charge is -2.28. The van der Waals surface area contributed by atoms with Crippen LogP contribution >= 0.6 is 0 Å². The Morgan fingerprint density at radius 2 is 1.87 bits per heavy atom. The number of aromatic nitrogens is 5. The summed E-state index contributed by atoms with van der Waals surface area (Å²) < 4.78 is 6.13. The largest absolute Gasteiger partial charge is 0.473 e. The topological polar surface area (TPSA) is 79.8 Å². The first-order chi connectivity index (χ1) is 14.7. The highest BCUT2D eigenvalue weighted by atomic mass is 16.5. The second kappa shape index (κ2) is 7.02. The van der Waals surface area contributed by atoms with Gasteiger partial charge in [0.2, 0.25) is 5.88 Å². The third kappa shape index (κ3) is 3.29. The normalized spacial score (nSPS) is 18.3. The standard InChI is InChI=1S/C23H24N6O/c1-29-8-6-16(7-9-29)30-21-13-24-19-5-4-15(10-20(19)27-21)17-11-26-23-18(17)12-25-22(28-23)14-2-3-14/h4-5,10-14,16H,2-3,6-9H2,1H3,(H,25,26,28). The molecule has 1 aliphatic heterocycles. The van der Waals surface area contributed by atoms with Gasteiger partial charge in [0.1, 0.15) is 17.6 Å². The van der Waals surface area contributed by atoms with Crippen LogP contribution in [0.4, 0.5) is 0 Å². The molecule has 0 atom stereocenters. The Labute approximate surface area is 174 Å². The van der Waals surface area contributed by atoms with Crippen molar-refractivity contribution < 1.29 is 4.74 Å². The van der Waals surface area contributed by atoms with Gasteiger partial charge in [-0.15, -0.1) is 0 Å².